The second-order valence-electron chi connectivity index (χ2n) is 5.98. The van der Waals surface area contributed by atoms with Gasteiger partial charge in [-0.05, 0) is 25.1 Å². The molecule has 3 rings (SSSR count). The highest BCUT2D eigenvalue weighted by Gasteiger charge is 2.41. The molecular weight excluding hydrogens is 406 g/mol. The number of nitrogens with zero attached hydrogens (tertiary/aromatic N) is 3. The SMILES string of the molecule is Cc1cc(CNC(=O)c2cnn(-c3cccc(C(F)(F)F)c3)c2C(F)(F)F)on1. The van der Waals surface area contributed by atoms with Crippen molar-refractivity contribution in [2.45, 2.75) is 25.8 Å². The number of hydrogen-bond acceptors (Lipinski definition) is 4. The molecule has 3 aromatic rings. The maximum Gasteiger partial charge on any atom is 0.434 e. The van der Waals surface area contributed by atoms with Crippen LogP contribution in [-0.4, -0.2) is 20.8 Å². The summed E-state index contributed by atoms with van der Waals surface area (Å²) in [4.78, 5) is 12.3. The molecule has 0 atom stereocenters. The summed E-state index contributed by atoms with van der Waals surface area (Å²) in [5, 5.41) is 9.31. The molecular formula is C17H12F6N4O2. The number of halogens is 6. The Labute approximate surface area is 159 Å². The van der Waals surface area contributed by atoms with Gasteiger partial charge in [0.2, 0.25) is 0 Å². The van der Waals surface area contributed by atoms with Crippen molar-refractivity contribution in [3.8, 4) is 5.69 Å². The second kappa shape index (κ2) is 7.26. The lowest BCUT2D eigenvalue weighted by Crippen LogP contribution is -2.26. The van der Waals surface area contributed by atoms with Crippen LogP contribution in [0.15, 0.2) is 41.1 Å². The van der Waals surface area contributed by atoms with Gasteiger partial charge in [-0.3, -0.25) is 4.79 Å². The van der Waals surface area contributed by atoms with Crippen LogP contribution in [0.3, 0.4) is 0 Å². The molecule has 0 fully saturated rings. The number of carbonyl (C=O) groups is 1. The first-order chi connectivity index (χ1) is 13.5. The molecule has 0 saturated carbocycles. The van der Waals surface area contributed by atoms with Gasteiger partial charge in [-0.15, -0.1) is 0 Å². The number of aromatic nitrogens is 3. The van der Waals surface area contributed by atoms with Crippen molar-refractivity contribution in [3.05, 3.63) is 64.8 Å². The van der Waals surface area contributed by atoms with Gasteiger partial charge >= 0.3 is 12.4 Å². The average Bonchev–Trinajstić information content (AvgIpc) is 3.25. The molecule has 0 unspecified atom stereocenters. The van der Waals surface area contributed by atoms with E-state index in [-0.39, 0.29) is 17.0 Å². The van der Waals surface area contributed by atoms with Gasteiger partial charge in [0.25, 0.3) is 5.91 Å². The maximum atomic E-state index is 13.6. The van der Waals surface area contributed by atoms with Crippen LogP contribution in [-0.2, 0) is 18.9 Å². The summed E-state index contributed by atoms with van der Waals surface area (Å²) < 4.78 is 84.6. The molecule has 0 aliphatic carbocycles. The van der Waals surface area contributed by atoms with E-state index in [1.165, 1.54) is 6.07 Å². The van der Waals surface area contributed by atoms with Crippen molar-refractivity contribution >= 4 is 5.91 Å². The van der Waals surface area contributed by atoms with Crippen LogP contribution >= 0.6 is 0 Å². The molecule has 0 saturated heterocycles. The smallest absolute Gasteiger partial charge is 0.359 e. The third-order valence-corrected chi connectivity index (χ3v) is 3.80. The molecule has 154 valence electrons. The molecule has 0 spiro atoms. The van der Waals surface area contributed by atoms with Crippen LogP contribution in [0.5, 0.6) is 0 Å². The molecule has 0 radical (unpaired) electrons. The van der Waals surface area contributed by atoms with Crippen LogP contribution in [0.25, 0.3) is 5.69 Å². The molecule has 29 heavy (non-hydrogen) atoms. The molecule has 1 aromatic carbocycles. The van der Waals surface area contributed by atoms with Crippen LogP contribution in [0.2, 0.25) is 0 Å². The first-order valence-electron chi connectivity index (χ1n) is 8.00. The molecule has 1 N–H and O–H groups in total. The zero-order chi connectivity index (χ0) is 21.4. The van der Waals surface area contributed by atoms with Crippen LogP contribution in [0, 0.1) is 6.92 Å². The Balaban J connectivity index is 1.96. The third-order valence-electron chi connectivity index (χ3n) is 3.80. The van der Waals surface area contributed by atoms with Gasteiger partial charge in [-0.25, -0.2) is 4.68 Å². The number of amides is 1. The maximum absolute atomic E-state index is 13.6. The quantitative estimate of drug-likeness (QED) is 0.647. The Kier molecular flexibility index (Phi) is 5.11. The average molecular weight is 418 g/mol. The molecule has 6 nitrogen and oxygen atoms in total. The molecule has 2 aromatic heterocycles. The van der Waals surface area contributed by atoms with Gasteiger partial charge in [-0.2, -0.15) is 31.4 Å². The normalized spacial score (nSPS) is 12.2. The van der Waals surface area contributed by atoms with Crippen LogP contribution < -0.4 is 5.32 Å². The molecule has 2 heterocycles. The fourth-order valence-electron chi connectivity index (χ4n) is 2.56. The predicted octanol–water partition coefficient (Wildman–Crippen LogP) is 4.14. The number of alkyl halides is 6. The summed E-state index contributed by atoms with van der Waals surface area (Å²) in [5.74, 6) is -0.903. The van der Waals surface area contributed by atoms with E-state index in [4.69, 9.17) is 4.52 Å². The van der Waals surface area contributed by atoms with Crippen LogP contribution in [0.1, 0.15) is 33.1 Å². The number of carbonyl (C=O) groups excluding carboxylic acids is 1. The van der Waals surface area contributed by atoms with Gasteiger partial charge in [0.1, 0.15) is 0 Å². The number of benzene rings is 1. The van der Waals surface area contributed by atoms with Crippen molar-refractivity contribution in [2.75, 3.05) is 0 Å². The van der Waals surface area contributed by atoms with E-state index in [9.17, 15) is 31.1 Å². The lowest BCUT2D eigenvalue weighted by molar-refractivity contribution is -0.143. The first-order valence-corrected chi connectivity index (χ1v) is 8.00. The van der Waals surface area contributed by atoms with E-state index in [2.05, 4.69) is 15.6 Å². The third kappa shape index (κ3) is 4.41. The highest BCUT2D eigenvalue weighted by Crippen LogP contribution is 2.35. The largest absolute Gasteiger partial charge is 0.434 e. The number of aryl methyl sites for hydroxylation is 1. The summed E-state index contributed by atoms with van der Waals surface area (Å²) in [6.45, 7) is 1.39. The van der Waals surface area contributed by atoms with Crippen molar-refractivity contribution in [1.29, 1.82) is 0 Å². The highest BCUT2D eigenvalue weighted by molar-refractivity contribution is 5.95. The molecule has 0 bridgehead atoms. The van der Waals surface area contributed by atoms with Crippen molar-refractivity contribution < 1.29 is 35.7 Å². The molecule has 1 amide bonds. The Morgan fingerprint density at radius 3 is 2.45 bits per heavy atom. The summed E-state index contributed by atoms with van der Waals surface area (Å²) in [5.41, 5.74) is -3.46. The molecule has 12 heteroatoms. The number of nitrogens with one attached hydrogen (secondary N) is 1. The summed E-state index contributed by atoms with van der Waals surface area (Å²) in [6, 6.07) is 4.69. The zero-order valence-corrected chi connectivity index (χ0v) is 14.6. The van der Waals surface area contributed by atoms with Gasteiger partial charge in [-0.1, -0.05) is 11.2 Å². The monoisotopic (exact) mass is 418 g/mol. The lowest BCUT2D eigenvalue weighted by Gasteiger charge is -2.14. The van der Waals surface area contributed by atoms with E-state index >= 15 is 0 Å². The summed E-state index contributed by atoms with van der Waals surface area (Å²) >= 11 is 0. The van der Waals surface area contributed by atoms with Gasteiger partial charge in [0, 0.05) is 6.07 Å². The van der Waals surface area contributed by atoms with Crippen molar-refractivity contribution in [2.24, 2.45) is 0 Å². The molecule has 0 aliphatic heterocycles. The van der Waals surface area contributed by atoms with E-state index in [0.29, 0.717) is 24.0 Å². The minimum Gasteiger partial charge on any atom is -0.359 e. The van der Waals surface area contributed by atoms with Crippen molar-refractivity contribution in [1.82, 2.24) is 20.3 Å². The fourth-order valence-corrected chi connectivity index (χ4v) is 2.56. The lowest BCUT2D eigenvalue weighted by atomic mass is 10.1. The van der Waals surface area contributed by atoms with E-state index in [0.717, 1.165) is 12.1 Å². The zero-order valence-electron chi connectivity index (χ0n) is 14.6. The first kappa shape index (κ1) is 20.4. The fraction of sp³-hybridized carbons (Fsp3) is 0.235. The Hall–Kier alpha value is -3.31. The molecule has 0 aliphatic rings. The summed E-state index contributed by atoms with van der Waals surface area (Å²) in [6.07, 6.45) is -9.17. The highest BCUT2D eigenvalue weighted by atomic mass is 19.4. The Morgan fingerprint density at radius 2 is 1.86 bits per heavy atom. The van der Waals surface area contributed by atoms with Crippen molar-refractivity contribution in [3.63, 3.8) is 0 Å². The van der Waals surface area contributed by atoms with Gasteiger partial charge in [0.05, 0.1) is 35.2 Å². The minimum atomic E-state index is -5.06. The predicted molar refractivity (Wildman–Crippen MR) is 86.0 cm³/mol. The summed E-state index contributed by atoms with van der Waals surface area (Å²) in [7, 11) is 0. The number of rotatable bonds is 4. The van der Waals surface area contributed by atoms with E-state index in [1.807, 2.05) is 0 Å². The van der Waals surface area contributed by atoms with E-state index < -0.39 is 40.8 Å². The topological polar surface area (TPSA) is 73.0 Å². The standard InChI is InChI=1S/C17H12F6N4O2/c1-9-5-12(29-26-9)7-24-15(28)13-8-25-27(14(13)17(21,22)23)11-4-2-3-10(6-11)16(18,19)20/h2-6,8H,7H2,1H3,(H,24,28). The van der Waals surface area contributed by atoms with Crippen LogP contribution in [0.4, 0.5) is 26.3 Å². The Bertz CT molecular complexity index is 1040. The van der Waals surface area contributed by atoms with Gasteiger partial charge < -0.3 is 9.84 Å². The van der Waals surface area contributed by atoms with E-state index in [1.54, 1.807) is 6.92 Å². The second-order valence-corrected chi connectivity index (χ2v) is 5.98. The van der Waals surface area contributed by atoms with Gasteiger partial charge in [0.15, 0.2) is 11.5 Å². The Morgan fingerprint density at radius 1 is 1.14 bits per heavy atom. The minimum absolute atomic E-state index is 0.217. The number of hydrogen-bond donors (Lipinski definition) is 1.